The highest BCUT2D eigenvalue weighted by atomic mass is 16.5. The zero-order valence-electron chi connectivity index (χ0n) is 18.1. The molecule has 2 aromatic heterocycles. The van der Waals surface area contributed by atoms with Crippen molar-refractivity contribution in [3.8, 4) is 17.1 Å². The monoisotopic (exact) mass is 405 g/mol. The van der Waals surface area contributed by atoms with Gasteiger partial charge in [0.25, 0.3) is 0 Å². The van der Waals surface area contributed by atoms with E-state index in [0.29, 0.717) is 12.4 Å². The average molecular weight is 406 g/mol. The van der Waals surface area contributed by atoms with Gasteiger partial charge in [-0.2, -0.15) is 5.10 Å². The molecule has 0 fully saturated rings. The van der Waals surface area contributed by atoms with Crippen LogP contribution in [0.5, 0.6) is 5.75 Å². The smallest absolute Gasteiger partial charge is 0.244 e. The highest BCUT2D eigenvalue weighted by molar-refractivity contribution is 5.80. The van der Waals surface area contributed by atoms with Gasteiger partial charge in [-0.15, -0.1) is 0 Å². The fraction of sp³-hybridized carbons (Fsp3) is 0.391. The predicted molar refractivity (Wildman–Crippen MR) is 114 cm³/mol. The van der Waals surface area contributed by atoms with Gasteiger partial charge in [-0.05, 0) is 58.4 Å². The maximum absolute atomic E-state index is 12.7. The molecule has 0 unspecified atom stereocenters. The predicted octanol–water partition coefficient (Wildman–Crippen LogP) is 3.25. The molecule has 4 rings (SSSR count). The first-order valence-electron chi connectivity index (χ1n) is 10.2. The SMILES string of the molecule is Cc1cc(C)nc(-c2cccc3c2O[C@@H](CNC(=O)[C@H](C)n2nc(C)cc2C)C3)n1. The van der Waals surface area contributed by atoms with Crippen LogP contribution < -0.4 is 10.1 Å². The van der Waals surface area contributed by atoms with Gasteiger partial charge in [-0.3, -0.25) is 9.48 Å². The van der Waals surface area contributed by atoms with Crippen LogP contribution in [0.1, 0.15) is 41.3 Å². The average Bonchev–Trinajstić information content (AvgIpc) is 3.26. The number of fused-ring (bicyclic) bond motifs is 1. The van der Waals surface area contributed by atoms with Gasteiger partial charge < -0.3 is 10.1 Å². The molecule has 2 atom stereocenters. The molecule has 3 heterocycles. The topological polar surface area (TPSA) is 81.9 Å². The minimum absolute atomic E-state index is 0.0707. The summed E-state index contributed by atoms with van der Waals surface area (Å²) in [5.41, 5.74) is 5.73. The van der Waals surface area contributed by atoms with Crippen LogP contribution >= 0.6 is 0 Å². The molecule has 1 aliphatic rings. The number of ether oxygens (including phenoxy) is 1. The quantitative estimate of drug-likeness (QED) is 0.705. The third-order valence-electron chi connectivity index (χ3n) is 5.35. The lowest BCUT2D eigenvalue weighted by atomic mass is 10.1. The van der Waals surface area contributed by atoms with Crippen LogP contribution in [0.3, 0.4) is 0 Å². The minimum Gasteiger partial charge on any atom is -0.487 e. The summed E-state index contributed by atoms with van der Waals surface area (Å²) in [7, 11) is 0. The lowest BCUT2D eigenvalue weighted by Gasteiger charge is -2.17. The van der Waals surface area contributed by atoms with Crippen molar-refractivity contribution in [2.24, 2.45) is 0 Å². The zero-order valence-corrected chi connectivity index (χ0v) is 18.1. The van der Waals surface area contributed by atoms with E-state index in [1.165, 1.54) is 0 Å². The van der Waals surface area contributed by atoms with Crippen LogP contribution in [0.2, 0.25) is 0 Å². The number of rotatable bonds is 5. The Labute approximate surface area is 176 Å². The van der Waals surface area contributed by atoms with E-state index in [9.17, 15) is 4.79 Å². The molecule has 0 aliphatic carbocycles. The van der Waals surface area contributed by atoms with Gasteiger partial charge in [0.2, 0.25) is 5.91 Å². The minimum atomic E-state index is -0.373. The fourth-order valence-electron chi connectivity index (χ4n) is 3.99. The Morgan fingerprint density at radius 1 is 1.17 bits per heavy atom. The Morgan fingerprint density at radius 2 is 1.90 bits per heavy atom. The van der Waals surface area contributed by atoms with Crippen molar-refractivity contribution in [1.82, 2.24) is 25.1 Å². The Balaban J connectivity index is 1.45. The van der Waals surface area contributed by atoms with Crippen LogP contribution in [0.25, 0.3) is 11.4 Å². The summed E-state index contributed by atoms with van der Waals surface area (Å²) in [5, 5.41) is 7.43. The number of hydrogen-bond acceptors (Lipinski definition) is 5. The van der Waals surface area contributed by atoms with Crippen molar-refractivity contribution in [3.05, 3.63) is 58.7 Å². The second-order valence-corrected chi connectivity index (χ2v) is 8.00. The Hall–Kier alpha value is -3.22. The normalized spacial score (nSPS) is 16.1. The molecule has 156 valence electrons. The van der Waals surface area contributed by atoms with Crippen molar-refractivity contribution in [2.45, 2.75) is 53.2 Å². The van der Waals surface area contributed by atoms with Crippen molar-refractivity contribution in [2.75, 3.05) is 6.54 Å². The van der Waals surface area contributed by atoms with Crippen molar-refractivity contribution in [3.63, 3.8) is 0 Å². The molecular weight excluding hydrogens is 378 g/mol. The number of carbonyl (C=O) groups excluding carboxylic acids is 1. The number of aromatic nitrogens is 4. The number of carbonyl (C=O) groups is 1. The molecule has 30 heavy (non-hydrogen) atoms. The number of nitrogens with one attached hydrogen (secondary N) is 1. The number of aryl methyl sites for hydroxylation is 4. The van der Waals surface area contributed by atoms with E-state index in [1.54, 1.807) is 4.68 Å². The molecule has 1 aromatic carbocycles. The van der Waals surface area contributed by atoms with Gasteiger partial charge in [0, 0.05) is 23.5 Å². The summed E-state index contributed by atoms with van der Waals surface area (Å²) < 4.78 is 7.97. The Bertz CT molecular complexity index is 1080. The fourth-order valence-corrected chi connectivity index (χ4v) is 3.99. The van der Waals surface area contributed by atoms with Gasteiger partial charge in [0.1, 0.15) is 17.9 Å². The number of amides is 1. The van der Waals surface area contributed by atoms with Crippen LogP contribution in [-0.2, 0) is 11.2 Å². The van der Waals surface area contributed by atoms with E-state index in [1.807, 2.05) is 58.9 Å². The lowest BCUT2D eigenvalue weighted by molar-refractivity contribution is -0.124. The standard InChI is InChI=1S/C23H27N5O2/c1-13-9-14(2)26-22(25-13)20-8-6-7-18-11-19(30-21(18)20)12-24-23(29)17(5)28-16(4)10-15(3)27-28/h6-10,17,19H,11-12H2,1-5H3,(H,24,29)/t17-,19+/m0/s1. The van der Waals surface area contributed by atoms with Crippen LogP contribution in [0.15, 0.2) is 30.3 Å². The zero-order chi connectivity index (χ0) is 21.4. The summed E-state index contributed by atoms with van der Waals surface area (Å²) in [6.45, 7) is 10.1. The third kappa shape index (κ3) is 3.92. The second-order valence-electron chi connectivity index (χ2n) is 8.00. The number of nitrogens with zero attached hydrogens (tertiary/aromatic N) is 4. The van der Waals surface area contributed by atoms with E-state index < -0.39 is 0 Å². The van der Waals surface area contributed by atoms with Gasteiger partial charge >= 0.3 is 0 Å². The first-order valence-corrected chi connectivity index (χ1v) is 10.2. The summed E-state index contributed by atoms with van der Waals surface area (Å²) in [4.78, 5) is 21.8. The highest BCUT2D eigenvalue weighted by Gasteiger charge is 2.28. The molecular formula is C23H27N5O2. The van der Waals surface area contributed by atoms with Gasteiger partial charge in [-0.1, -0.05) is 12.1 Å². The molecule has 3 aromatic rings. The number of hydrogen-bond donors (Lipinski definition) is 1. The van der Waals surface area contributed by atoms with Crippen molar-refractivity contribution < 1.29 is 9.53 Å². The molecule has 1 N–H and O–H groups in total. The van der Waals surface area contributed by atoms with Crippen molar-refractivity contribution >= 4 is 5.91 Å². The highest BCUT2D eigenvalue weighted by Crippen LogP contribution is 2.37. The third-order valence-corrected chi connectivity index (χ3v) is 5.35. The second kappa shape index (κ2) is 7.89. The molecule has 1 amide bonds. The van der Waals surface area contributed by atoms with E-state index in [-0.39, 0.29) is 18.1 Å². The van der Waals surface area contributed by atoms with E-state index in [4.69, 9.17) is 4.74 Å². The van der Waals surface area contributed by atoms with Gasteiger partial charge in [0.05, 0.1) is 17.8 Å². The molecule has 0 saturated carbocycles. The summed E-state index contributed by atoms with van der Waals surface area (Å²) in [6.07, 6.45) is 0.617. The van der Waals surface area contributed by atoms with Gasteiger partial charge in [-0.25, -0.2) is 9.97 Å². The van der Waals surface area contributed by atoms with Crippen LogP contribution in [-0.4, -0.2) is 38.3 Å². The summed E-state index contributed by atoms with van der Waals surface area (Å²) in [6, 6.07) is 9.60. The molecule has 0 spiro atoms. The first kappa shape index (κ1) is 20.1. The number of benzene rings is 1. The van der Waals surface area contributed by atoms with E-state index in [2.05, 4.69) is 26.4 Å². The molecule has 0 saturated heterocycles. The van der Waals surface area contributed by atoms with E-state index >= 15 is 0 Å². The van der Waals surface area contributed by atoms with Crippen LogP contribution in [0.4, 0.5) is 0 Å². The Morgan fingerprint density at radius 3 is 2.57 bits per heavy atom. The van der Waals surface area contributed by atoms with Gasteiger partial charge in [0.15, 0.2) is 5.82 Å². The van der Waals surface area contributed by atoms with Crippen LogP contribution in [0, 0.1) is 27.7 Å². The van der Waals surface area contributed by atoms with E-state index in [0.717, 1.165) is 46.1 Å². The summed E-state index contributed by atoms with van der Waals surface area (Å²) >= 11 is 0. The molecule has 0 radical (unpaired) electrons. The largest absolute Gasteiger partial charge is 0.487 e. The molecule has 1 aliphatic heterocycles. The molecule has 7 heteroatoms. The number of para-hydroxylation sites is 1. The van der Waals surface area contributed by atoms with Crippen molar-refractivity contribution in [1.29, 1.82) is 0 Å². The molecule has 0 bridgehead atoms. The Kier molecular flexibility index (Phi) is 5.28. The maximum atomic E-state index is 12.7. The molecule has 7 nitrogen and oxygen atoms in total. The first-order chi connectivity index (χ1) is 14.3. The maximum Gasteiger partial charge on any atom is 0.244 e. The lowest BCUT2D eigenvalue weighted by Crippen LogP contribution is -2.38. The summed E-state index contributed by atoms with van der Waals surface area (Å²) in [5.74, 6) is 1.42.